The molecule has 0 spiro atoms. The average molecular weight is 277 g/mol. The van der Waals surface area contributed by atoms with Crippen molar-refractivity contribution < 1.29 is 13.9 Å². The molecule has 106 valence electrons. The number of H-pyrrole nitrogens is 1. The van der Waals surface area contributed by atoms with E-state index in [-0.39, 0.29) is 18.2 Å². The number of halogens is 1. The van der Waals surface area contributed by atoms with Crippen molar-refractivity contribution in [2.24, 2.45) is 5.73 Å². The molecule has 4 N–H and O–H groups in total. The van der Waals surface area contributed by atoms with Gasteiger partial charge < -0.3 is 15.5 Å². The predicted molar refractivity (Wildman–Crippen MR) is 74.2 cm³/mol. The molecule has 0 aliphatic carbocycles. The summed E-state index contributed by atoms with van der Waals surface area (Å²) in [6, 6.07) is 2.59. The van der Waals surface area contributed by atoms with Crippen molar-refractivity contribution in [3.63, 3.8) is 0 Å². The molecule has 0 unspecified atom stereocenters. The molecule has 6 heteroatoms. The third-order valence-electron chi connectivity index (χ3n) is 3.03. The van der Waals surface area contributed by atoms with E-state index in [4.69, 9.17) is 15.9 Å². The van der Waals surface area contributed by atoms with Crippen LogP contribution in [0.1, 0.15) is 24.5 Å². The largest absolute Gasteiger partial charge is 0.466 e. The molecule has 2 aromatic rings. The van der Waals surface area contributed by atoms with Crippen molar-refractivity contribution >= 4 is 22.7 Å². The van der Waals surface area contributed by atoms with Crippen LogP contribution in [0.2, 0.25) is 0 Å². The lowest BCUT2D eigenvalue weighted by atomic mass is 10.0. The lowest BCUT2D eigenvalue weighted by molar-refractivity contribution is -0.143. The fourth-order valence-corrected chi connectivity index (χ4v) is 2.14. The first kappa shape index (κ1) is 14.0. The molecule has 1 aromatic heterocycles. The molecular formula is C14H16FN3O2. The van der Waals surface area contributed by atoms with Crippen LogP contribution in [-0.4, -0.2) is 23.4 Å². The number of aromatic nitrogens is 1. The maximum atomic E-state index is 13.6. The van der Waals surface area contributed by atoms with E-state index in [0.717, 1.165) is 5.56 Å². The summed E-state index contributed by atoms with van der Waals surface area (Å²) in [5.41, 5.74) is 7.17. The summed E-state index contributed by atoms with van der Waals surface area (Å²) < 4.78 is 18.4. The highest BCUT2D eigenvalue weighted by atomic mass is 19.1. The quantitative estimate of drug-likeness (QED) is 0.444. The molecule has 0 aliphatic rings. The SMILES string of the molecule is CCOC(=O)CCc1c[nH]c2c(C(=N)N)cc(F)cc12. The number of nitrogen functional groups attached to an aromatic ring is 1. The van der Waals surface area contributed by atoms with Crippen molar-refractivity contribution in [2.45, 2.75) is 19.8 Å². The summed E-state index contributed by atoms with van der Waals surface area (Å²) in [7, 11) is 0. The molecular weight excluding hydrogens is 261 g/mol. The van der Waals surface area contributed by atoms with Gasteiger partial charge in [0.05, 0.1) is 12.1 Å². The number of aryl methyl sites for hydroxylation is 1. The number of hydrogen-bond acceptors (Lipinski definition) is 3. The number of esters is 1. The Balaban J connectivity index is 2.32. The highest BCUT2D eigenvalue weighted by molar-refractivity contribution is 6.07. The molecule has 0 atom stereocenters. The smallest absolute Gasteiger partial charge is 0.306 e. The highest BCUT2D eigenvalue weighted by Crippen LogP contribution is 2.24. The van der Waals surface area contributed by atoms with E-state index in [2.05, 4.69) is 4.98 Å². The Kier molecular flexibility index (Phi) is 4.02. The minimum Gasteiger partial charge on any atom is -0.466 e. The molecule has 0 fully saturated rings. The van der Waals surface area contributed by atoms with Crippen LogP contribution >= 0.6 is 0 Å². The second-order valence-electron chi connectivity index (χ2n) is 4.41. The van der Waals surface area contributed by atoms with E-state index in [9.17, 15) is 9.18 Å². The van der Waals surface area contributed by atoms with Gasteiger partial charge in [0, 0.05) is 23.6 Å². The fraction of sp³-hybridized carbons (Fsp3) is 0.286. The van der Waals surface area contributed by atoms with Gasteiger partial charge in [0.25, 0.3) is 0 Å². The molecule has 0 amide bonds. The van der Waals surface area contributed by atoms with E-state index in [1.165, 1.54) is 12.1 Å². The Morgan fingerprint density at radius 2 is 2.25 bits per heavy atom. The molecule has 0 saturated heterocycles. The molecule has 20 heavy (non-hydrogen) atoms. The summed E-state index contributed by atoms with van der Waals surface area (Å²) in [5, 5.41) is 8.10. The van der Waals surface area contributed by atoms with Crippen molar-refractivity contribution in [1.82, 2.24) is 4.98 Å². The first-order valence-corrected chi connectivity index (χ1v) is 6.32. The molecule has 0 saturated carbocycles. The first-order valence-electron chi connectivity index (χ1n) is 6.32. The van der Waals surface area contributed by atoms with Gasteiger partial charge in [-0.2, -0.15) is 0 Å². The van der Waals surface area contributed by atoms with Gasteiger partial charge in [-0.3, -0.25) is 10.2 Å². The van der Waals surface area contributed by atoms with Crippen molar-refractivity contribution in [1.29, 1.82) is 5.41 Å². The number of nitrogens with one attached hydrogen (secondary N) is 2. The van der Waals surface area contributed by atoms with Gasteiger partial charge in [-0.1, -0.05) is 0 Å². The second-order valence-corrected chi connectivity index (χ2v) is 4.41. The normalized spacial score (nSPS) is 10.7. The Labute approximate surface area is 115 Å². The van der Waals surface area contributed by atoms with Crippen molar-refractivity contribution in [2.75, 3.05) is 6.61 Å². The Morgan fingerprint density at radius 3 is 2.90 bits per heavy atom. The number of carbonyl (C=O) groups is 1. The van der Waals surface area contributed by atoms with Gasteiger partial charge in [0.1, 0.15) is 11.7 Å². The Bertz CT molecular complexity index is 664. The number of fused-ring (bicyclic) bond motifs is 1. The zero-order valence-electron chi connectivity index (χ0n) is 11.1. The third-order valence-corrected chi connectivity index (χ3v) is 3.03. The van der Waals surface area contributed by atoms with Crippen LogP contribution < -0.4 is 5.73 Å². The van der Waals surface area contributed by atoms with Crippen LogP contribution in [0.25, 0.3) is 10.9 Å². The molecule has 2 rings (SSSR count). The van der Waals surface area contributed by atoms with Gasteiger partial charge in [0.15, 0.2) is 0 Å². The lowest BCUT2D eigenvalue weighted by Gasteiger charge is -2.03. The fourth-order valence-electron chi connectivity index (χ4n) is 2.14. The van der Waals surface area contributed by atoms with Crippen molar-refractivity contribution in [3.05, 3.63) is 35.3 Å². The van der Waals surface area contributed by atoms with E-state index in [1.807, 2.05) is 0 Å². The zero-order chi connectivity index (χ0) is 14.7. The summed E-state index contributed by atoms with van der Waals surface area (Å²) in [6.07, 6.45) is 2.38. The van der Waals surface area contributed by atoms with Gasteiger partial charge in [-0.25, -0.2) is 4.39 Å². The zero-order valence-corrected chi connectivity index (χ0v) is 11.1. The number of nitrogens with two attached hydrogens (primary N) is 1. The number of aromatic amines is 1. The number of amidine groups is 1. The van der Waals surface area contributed by atoms with Crippen LogP contribution in [0.15, 0.2) is 18.3 Å². The Morgan fingerprint density at radius 1 is 1.50 bits per heavy atom. The molecule has 0 bridgehead atoms. The summed E-state index contributed by atoms with van der Waals surface area (Å²) in [5.74, 6) is -0.946. The first-order chi connectivity index (χ1) is 9.52. The molecule has 5 nitrogen and oxygen atoms in total. The Hall–Kier alpha value is -2.37. The number of hydrogen-bond donors (Lipinski definition) is 3. The van der Waals surface area contributed by atoms with E-state index in [0.29, 0.717) is 29.5 Å². The molecule has 0 radical (unpaired) electrons. The summed E-state index contributed by atoms with van der Waals surface area (Å²) >= 11 is 0. The minimum absolute atomic E-state index is 0.201. The van der Waals surface area contributed by atoms with Crippen LogP contribution in [0.3, 0.4) is 0 Å². The van der Waals surface area contributed by atoms with Crippen LogP contribution in [0, 0.1) is 11.2 Å². The monoisotopic (exact) mass is 277 g/mol. The van der Waals surface area contributed by atoms with Crippen molar-refractivity contribution in [3.8, 4) is 0 Å². The van der Waals surface area contributed by atoms with Gasteiger partial charge >= 0.3 is 5.97 Å². The summed E-state index contributed by atoms with van der Waals surface area (Å²) in [4.78, 5) is 14.3. The summed E-state index contributed by atoms with van der Waals surface area (Å²) in [6.45, 7) is 2.09. The number of carbonyl (C=O) groups excluding carboxylic acids is 1. The van der Waals surface area contributed by atoms with E-state index < -0.39 is 5.82 Å². The molecule has 1 heterocycles. The molecule has 0 aliphatic heterocycles. The maximum absolute atomic E-state index is 13.6. The van der Waals surface area contributed by atoms with Crippen LogP contribution in [-0.2, 0) is 16.0 Å². The van der Waals surface area contributed by atoms with Gasteiger partial charge in [-0.05, 0) is 31.0 Å². The molecule has 1 aromatic carbocycles. The van der Waals surface area contributed by atoms with Gasteiger partial charge in [0.2, 0.25) is 0 Å². The third kappa shape index (κ3) is 2.79. The predicted octanol–water partition coefficient (Wildman–Crippen LogP) is 2.09. The topological polar surface area (TPSA) is 92.0 Å². The number of ether oxygens (including phenoxy) is 1. The number of benzene rings is 1. The maximum Gasteiger partial charge on any atom is 0.306 e. The van der Waals surface area contributed by atoms with Crippen LogP contribution in [0.5, 0.6) is 0 Å². The average Bonchev–Trinajstić information content (AvgIpc) is 2.78. The van der Waals surface area contributed by atoms with Crippen LogP contribution in [0.4, 0.5) is 4.39 Å². The number of rotatable bonds is 5. The minimum atomic E-state index is -0.459. The van der Waals surface area contributed by atoms with E-state index >= 15 is 0 Å². The van der Waals surface area contributed by atoms with Gasteiger partial charge in [-0.15, -0.1) is 0 Å². The highest BCUT2D eigenvalue weighted by Gasteiger charge is 2.13. The van der Waals surface area contributed by atoms with E-state index in [1.54, 1.807) is 13.1 Å². The lowest BCUT2D eigenvalue weighted by Crippen LogP contribution is -2.12. The standard InChI is InChI=1S/C14H16FN3O2/c1-2-20-12(19)4-3-8-7-18-13-10(8)5-9(15)6-11(13)14(16)17/h5-7,18H,2-4H2,1H3,(H3,16,17). The second kappa shape index (κ2) is 5.73.